The Morgan fingerprint density at radius 1 is 1.14 bits per heavy atom. The molecule has 35 heavy (non-hydrogen) atoms. The molecule has 1 rings (SSSR count). The van der Waals surface area contributed by atoms with Crippen LogP contribution in [0.3, 0.4) is 0 Å². The molecule has 0 spiro atoms. The van der Waals surface area contributed by atoms with E-state index in [2.05, 4.69) is 15.6 Å². The maximum atomic E-state index is 13.5. The summed E-state index contributed by atoms with van der Waals surface area (Å²) in [5, 5.41) is 14.9. The first-order chi connectivity index (χ1) is 16.4. The molecule has 12 heteroatoms. The van der Waals surface area contributed by atoms with Crippen molar-refractivity contribution < 1.29 is 24.3 Å². The lowest BCUT2D eigenvalue weighted by Crippen LogP contribution is -2.58. The van der Waals surface area contributed by atoms with Crippen molar-refractivity contribution in [1.82, 2.24) is 15.5 Å². The zero-order valence-corrected chi connectivity index (χ0v) is 21.3. The van der Waals surface area contributed by atoms with Crippen molar-refractivity contribution in [2.75, 3.05) is 13.1 Å². The van der Waals surface area contributed by atoms with Gasteiger partial charge in [-0.05, 0) is 43.9 Å². The summed E-state index contributed by atoms with van der Waals surface area (Å²) >= 11 is 0. The quantitative estimate of drug-likeness (QED) is 0.104. The number of aliphatic carboxylic acids is 1. The Hall–Kier alpha value is -2.89. The molecule has 0 aromatic rings. The monoisotopic (exact) mass is 497 g/mol. The lowest BCUT2D eigenvalue weighted by atomic mass is 9.96. The van der Waals surface area contributed by atoms with Crippen LogP contribution in [0.15, 0.2) is 4.99 Å². The van der Waals surface area contributed by atoms with E-state index in [4.69, 9.17) is 17.2 Å². The summed E-state index contributed by atoms with van der Waals surface area (Å²) in [4.78, 5) is 56.0. The molecule has 1 aliphatic rings. The van der Waals surface area contributed by atoms with Crippen LogP contribution < -0.4 is 27.8 Å². The minimum Gasteiger partial charge on any atom is -0.480 e. The van der Waals surface area contributed by atoms with E-state index < -0.39 is 42.0 Å². The van der Waals surface area contributed by atoms with Gasteiger partial charge < -0.3 is 37.8 Å². The Balaban J connectivity index is 2.91. The van der Waals surface area contributed by atoms with E-state index in [1.165, 1.54) is 4.90 Å². The molecule has 1 heterocycles. The molecule has 0 radical (unpaired) electrons. The molecule has 12 nitrogen and oxygen atoms in total. The number of nitrogens with two attached hydrogens (primary N) is 3. The van der Waals surface area contributed by atoms with E-state index >= 15 is 0 Å². The van der Waals surface area contributed by atoms with Crippen molar-refractivity contribution in [3.8, 4) is 0 Å². The van der Waals surface area contributed by atoms with Crippen LogP contribution in [0, 0.1) is 11.8 Å². The number of hydrogen-bond donors (Lipinski definition) is 6. The molecule has 1 fully saturated rings. The Labute approximate surface area is 207 Å². The van der Waals surface area contributed by atoms with Crippen molar-refractivity contribution in [3.05, 3.63) is 0 Å². The van der Waals surface area contributed by atoms with Gasteiger partial charge in [-0.3, -0.25) is 19.4 Å². The Morgan fingerprint density at radius 3 is 2.34 bits per heavy atom. The second-order valence-electron chi connectivity index (χ2n) is 9.65. The third-order valence-electron chi connectivity index (χ3n) is 6.24. The number of aliphatic imine (C=N–C) groups is 1. The lowest BCUT2D eigenvalue weighted by Gasteiger charge is -2.32. The number of nitrogens with one attached hydrogen (secondary N) is 2. The second kappa shape index (κ2) is 14.5. The van der Waals surface area contributed by atoms with Crippen LogP contribution in [0.1, 0.15) is 66.2 Å². The average Bonchev–Trinajstić information content (AvgIpc) is 3.27. The molecular weight excluding hydrogens is 454 g/mol. The summed E-state index contributed by atoms with van der Waals surface area (Å²) < 4.78 is 0. The summed E-state index contributed by atoms with van der Waals surface area (Å²) in [7, 11) is 0. The van der Waals surface area contributed by atoms with Crippen LogP contribution in [0.4, 0.5) is 0 Å². The van der Waals surface area contributed by atoms with Crippen LogP contribution in [0.2, 0.25) is 0 Å². The van der Waals surface area contributed by atoms with Crippen molar-refractivity contribution in [2.24, 2.45) is 34.0 Å². The lowest BCUT2D eigenvalue weighted by molar-refractivity contribution is -0.145. The van der Waals surface area contributed by atoms with Gasteiger partial charge in [-0.15, -0.1) is 0 Å². The number of hydrogen-bond acceptors (Lipinski definition) is 6. The van der Waals surface area contributed by atoms with Crippen LogP contribution >= 0.6 is 0 Å². The summed E-state index contributed by atoms with van der Waals surface area (Å²) in [6.07, 6.45) is 2.63. The number of amides is 3. The maximum Gasteiger partial charge on any atom is 0.326 e. The number of guanidine groups is 1. The predicted molar refractivity (Wildman–Crippen MR) is 133 cm³/mol. The number of carboxylic acids is 1. The molecule has 0 bridgehead atoms. The Kier molecular flexibility index (Phi) is 12.5. The highest BCUT2D eigenvalue weighted by Gasteiger charge is 2.40. The fourth-order valence-corrected chi connectivity index (χ4v) is 4.07. The third kappa shape index (κ3) is 9.71. The Bertz CT molecular complexity index is 769. The molecule has 200 valence electrons. The highest BCUT2D eigenvalue weighted by molar-refractivity contribution is 5.94. The van der Waals surface area contributed by atoms with Gasteiger partial charge in [-0.1, -0.05) is 34.1 Å². The molecular formula is C23H43N7O5. The molecule has 9 N–H and O–H groups in total. The zero-order valence-electron chi connectivity index (χ0n) is 21.3. The summed E-state index contributed by atoms with van der Waals surface area (Å²) in [5.41, 5.74) is 16.5. The van der Waals surface area contributed by atoms with E-state index in [0.29, 0.717) is 38.6 Å². The smallest absolute Gasteiger partial charge is 0.326 e. The summed E-state index contributed by atoms with van der Waals surface area (Å²) in [5.74, 6) is -2.51. The first kappa shape index (κ1) is 30.1. The van der Waals surface area contributed by atoms with E-state index in [-0.39, 0.29) is 36.7 Å². The topological polar surface area (TPSA) is 206 Å². The molecule has 5 unspecified atom stereocenters. The fourth-order valence-electron chi connectivity index (χ4n) is 4.07. The van der Waals surface area contributed by atoms with Gasteiger partial charge in [-0.25, -0.2) is 4.79 Å². The van der Waals surface area contributed by atoms with Crippen molar-refractivity contribution >= 4 is 29.7 Å². The molecule has 1 saturated heterocycles. The van der Waals surface area contributed by atoms with Gasteiger partial charge >= 0.3 is 5.97 Å². The molecule has 0 aromatic heterocycles. The molecule has 0 aromatic carbocycles. The number of rotatable bonds is 14. The number of carboxylic acid groups (broad SMARTS) is 1. The van der Waals surface area contributed by atoms with Crippen molar-refractivity contribution in [2.45, 2.75) is 90.4 Å². The van der Waals surface area contributed by atoms with Gasteiger partial charge in [0.15, 0.2) is 5.96 Å². The summed E-state index contributed by atoms with van der Waals surface area (Å²) in [6.45, 7) is 8.29. The molecule has 5 atom stereocenters. The summed E-state index contributed by atoms with van der Waals surface area (Å²) in [6, 6.07) is -3.50. The highest BCUT2D eigenvalue weighted by Crippen LogP contribution is 2.22. The first-order valence-electron chi connectivity index (χ1n) is 12.3. The molecule has 3 amide bonds. The van der Waals surface area contributed by atoms with E-state index in [0.717, 1.165) is 0 Å². The van der Waals surface area contributed by atoms with Crippen LogP contribution in [0.25, 0.3) is 0 Å². The third-order valence-corrected chi connectivity index (χ3v) is 6.24. The van der Waals surface area contributed by atoms with Crippen molar-refractivity contribution in [3.63, 3.8) is 0 Å². The minimum atomic E-state index is -1.18. The highest BCUT2D eigenvalue weighted by atomic mass is 16.4. The number of likely N-dealkylation sites (tertiary alicyclic amines) is 1. The van der Waals surface area contributed by atoms with Crippen LogP contribution in [0.5, 0.6) is 0 Å². The van der Waals surface area contributed by atoms with Gasteiger partial charge in [0.1, 0.15) is 18.1 Å². The fraction of sp³-hybridized carbons (Fsp3) is 0.783. The first-order valence-corrected chi connectivity index (χ1v) is 12.3. The van der Waals surface area contributed by atoms with Gasteiger partial charge in [0, 0.05) is 13.1 Å². The van der Waals surface area contributed by atoms with Gasteiger partial charge in [-0.2, -0.15) is 0 Å². The average molecular weight is 498 g/mol. The second-order valence-corrected chi connectivity index (χ2v) is 9.65. The normalized spacial score (nSPS) is 18.9. The van der Waals surface area contributed by atoms with E-state index in [1.807, 2.05) is 27.7 Å². The number of carbonyl (C=O) groups is 4. The Morgan fingerprint density at radius 2 is 1.80 bits per heavy atom. The largest absolute Gasteiger partial charge is 0.480 e. The van der Waals surface area contributed by atoms with Gasteiger partial charge in [0.25, 0.3) is 0 Å². The van der Waals surface area contributed by atoms with Gasteiger partial charge in [0.2, 0.25) is 17.7 Å². The molecule has 0 aliphatic carbocycles. The van der Waals surface area contributed by atoms with E-state index in [1.54, 1.807) is 0 Å². The maximum absolute atomic E-state index is 13.5. The van der Waals surface area contributed by atoms with Crippen LogP contribution in [-0.2, 0) is 19.2 Å². The van der Waals surface area contributed by atoms with Gasteiger partial charge in [0.05, 0.1) is 6.04 Å². The van der Waals surface area contributed by atoms with E-state index in [9.17, 15) is 24.3 Å². The zero-order chi connectivity index (χ0) is 26.7. The number of carbonyl (C=O) groups excluding carboxylic acids is 3. The predicted octanol–water partition coefficient (Wildman–Crippen LogP) is -0.495. The van der Waals surface area contributed by atoms with Crippen molar-refractivity contribution in [1.29, 1.82) is 0 Å². The van der Waals surface area contributed by atoms with Crippen LogP contribution in [-0.4, -0.2) is 76.9 Å². The minimum absolute atomic E-state index is 0.0888. The standard InChI is InChI=1S/C23H43N7O5/c1-5-14(4)18(29-19(31)15(24)12-13(2)3)21(33)30-11-7-9-17(30)20(32)28-16(22(34)35)8-6-10-27-23(25)26/h13-18H,5-12,24H2,1-4H3,(H,28,32)(H,29,31)(H,34,35)(H4,25,26,27). The SMILES string of the molecule is CCC(C)C(NC(=O)C(N)CC(C)C)C(=O)N1CCCC1C(=O)NC(CCCN=C(N)N)C(=O)O. The molecule has 0 saturated carbocycles. The molecule has 1 aliphatic heterocycles. The number of nitrogens with zero attached hydrogens (tertiary/aromatic N) is 2.